The number of anilines is 1. The van der Waals surface area contributed by atoms with Crippen molar-refractivity contribution in [3.63, 3.8) is 0 Å². The molecule has 5 heteroatoms. The van der Waals surface area contributed by atoms with Crippen LogP contribution in [0.4, 0.5) is 5.82 Å². The topological polar surface area (TPSA) is 59.0 Å². The van der Waals surface area contributed by atoms with Crippen molar-refractivity contribution in [2.24, 2.45) is 5.92 Å². The summed E-state index contributed by atoms with van der Waals surface area (Å²) in [6.07, 6.45) is 1.80. The van der Waals surface area contributed by atoms with Crippen LogP contribution in [0.3, 0.4) is 0 Å². The average molecular weight is 224 g/mol. The van der Waals surface area contributed by atoms with Crippen molar-refractivity contribution in [1.82, 2.24) is 15.1 Å². The van der Waals surface area contributed by atoms with E-state index in [1.54, 1.807) is 10.9 Å². The Morgan fingerprint density at radius 2 is 2.31 bits per heavy atom. The van der Waals surface area contributed by atoms with Gasteiger partial charge in [-0.25, -0.2) is 0 Å². The van der Waals surface area contributed by atoms with Gasteiger partial charge < -0.3 is 10.6 Å². The molecule has 0 aromatic carbocycles. The third kappa shape index (κ3) is 4.33. The largest absolute Gasteiger partial charge is 0.368 e. The van der Waals surface area contributed by atoms with E-state index < -0.39 is 0 Å². The molecule has 1 rings (SSSR count). The van der Waals surface area contributed by atoms with Gasteiger partial charge in [0.25, 0.3) is 0 Å². The van der Waals surface area contributed by atoms with Crippen LogP contribution in [0.5, 0.6) is 0 Å². The lowest BCUT2D eigenvalue weighted by molar-refractivity contribution is -0.121. The molecule has 0 saturated heterocycles. The van der Waals surface area contributed by atoms with Crippen molar-refractivity contribution in [3.8, 4) is 0 Å². The van der Waals surface area contributed by atoms with Gasteiger partial charge in [0.2, 0.25) is 5.91 Å². The van der Waals surface area contributed by atoms with E-state index in [-0.39, 0.29) is 12.5 Å². The number of aromatic nitrogens is 2. The zero-order valence-electron chi connectivity index (χ0n) is 10.2. The van der Waals surface area contributed by atoms with E-state index in [0.29, 0.717) is 12.5 Å². The highest BCUT2D eigenvalue weighted by Gasteiger charge is 2.03. The summed E-state index contributed by atoms with van der Waals surface area (Å²) in [5.41, 5.74) is 0. The molecule has 1 heterocycles. The quantitative estimate of drug-likeness (QED) is 0.760. The zero-order valence-corrected chi connectivity index (χ0v) is 10.2. The molecule has 0 aliphatic carbocycles. The molecule has 0 radical (unpaired) electrons. The summed E-state index contributed by atoms with van der Waals surface area (Å²) in [5, 5.41) is 10.2. The van der Waals surface area contributed by atoms with E-state index in [4.69, 9.17) is 0 Å². The molecule has 16 heavy (non-hydrogen) atoms. The van der Waals surface area contributed by atoms with E-state index in [2.05, 4.69) is 29.6 Å². The van der Waals surface area contributed by atoms with Crippen LogP contribution in [-0.2, 0) is 11.3 Å². The molecule has 1 amide bonds. The van der Waals surface area contributed by atoms with Crippen molar-refractivity contribution in [1.29, 1.82) is 0 Å². The van der Waals surface area contributed by atoms with E-state index >= 15 is 0 Å². The molecule has 5 nitrogen and oxygen atoms in total. The van der Waals surface area contributed by atoms with Gasteiger partial charge >= 0.3 is 0 Å². The molecule has 90 valence electrons. The van der Waals surface area contributed by atoms with Gasteiger partial charge in [0.15, 0.2) is 0 Å². The Hall–Kier alpha value is -1.52. The maximum absolute atomic E-state index is 11.3. The normalized spacial score (nSPS) is 10.5. The first-order valence-electron chi connectivity index (χ1n) is 5.65. The fraction of sp³-hybridized carbons (Fsp3) is 0.636. The molecule has 0 spiro atoms. The minimum absolute atomic E-state index is 0.0130. The van der Waals surface area contributed by atoms with Gasteiger partial charge in [-0.3, -0.25) is 9.48 Å². The van der Waals surface area contributed by atoms with Gasteiger partial charge in [-0.15, -0.1) is 0 Å². The summed E-state index contributed by atoms with van der Waals surface area (Å²) in [4.78, 5) is 11.3. The number of nitrogens with one attached hydrogen (secondary N) is 2. The van der Waals surface area contributed by atoms with Gasteiger partial charge in [-0.2, -0.15) is 5.10 Å². The third-order valence-electron chi connectivity index (χ3n) is 2.01. The minimum Gasteiger partial charge on any atom is -0.368 e. The molecule has 0 aliphatic heterocycles. The number of carbonyl (C=O) groups excluding carboxylic acids is 1. The molecule has 0 saturated carbocycles. The molecular weight excluding hydrogens is 204 g/mol. The van der Waals surface area contributed by atoms with Crippen molar-refractivity contribution < 1.29 is 4.79 Å². The van der Waals surface area contributed by atoms with Crippen LogP contribution in [0, 0.1) is 5.92 Å². The predicted octanol–water partition coefficient (Wildman–Crippen LogP) is 1.09. The maximum Gasteiger partial charge on any atom is 0.241 e. The highest BCUT2D eigenvalue weighted by atomic mass is 16.2. The SMILES string of the molecule is CCNC(=O)Cn1ccc(NCC(C)C)n1. The summed E-state index contributed by atoms with van der Waals surface area (Å²) >= 11 is 0. The lowest BCUT2D eigenvalue weighted by Crippen LogP contribution is -2.27. The summed E-state index contributed by atoms with van der Waals surface area (Å²) < 4.78 is 1.63. The Morgan fingerprint density at radius 3 is 2.94 bits per heavy atom. The summed E-state index contributed by atoms with van der Waals surface area (Å²) in [6, 6.07) is 1.88. The van der Waals surface area contributed by atoms with E-state index in [0.717, 1.165) is 12.4 Å². The molecule has 0 aliphatic rings. The lowest BCUT2D eigenvalue weighted by atomic mass is 10.2. The summed E-state index contributed by atoms with van der Waals surface area (Å²) in [7, 11) is 0. The molecule has 0 bridgehead atoms. The fourth-order valence-electron chi connectivity index (χ4n) is 1.25. The van der Waals surface area contributed by atoms with E-state index in [9.17, 15) is 4.79 Å². The van der Waals surface area contributed by atoms with Gasteiger partial charge in [-0.1, -0.05) is 13.8 Å². The zero-order chi connectivity index (χ0) is 12.0. The molecule has 0 unspecified atom stereocenters. The van der Waals surface area contributed by atoms with E-state index in [1.807, 2.05) is 13.0 Å². The van der Waals surface area contributed by atoms with Gasteiger partial charge in [0.05, 0.1) is 0 Å². The van der Waals surface area contributed by atoms with Crippen LogP contribution < -0.4 is 10.6 Å². The number of amides is 1. The average Bonchev–Trinajstić information content (AvgIpc) is 2.63. The number of likely N-dealkylation sites (N-methyl/N-ethyl adjacent to an activating group) is 1. The van der Waals surface area contributed by atoms with Gasteiger partial charge in [0.1, 0.15) is 12.4 Å². The minimum atomic E-state index is -0.0130. The van der Waals surface area contributed by atoms with Crippen LogP contribution >= 0.6 is 0 Å². The molecule has 1 aromatic rings. The molecule has 1 aromatic heterocycles. The lowest BCUT2D eigenvalue weighted by Gasteiger charge is -2.05. The first-order valence-corrected chi connectivity index (χ1v) is 5.65. The van der Waals surface area contributed by atoms with Crippen molar-refractivity contribution in [2.75, 3.05) is 18.4 Å². The second kappa shape index (κ2) is 6.15. The van der Waals surface area contributed by atoms with Crippen LogP contribution in [0.25, 0.3) is 0 Å². The number of hydrogen-bond acceptors (Lipinski definition) is 3. The van der Waals surface area contributed by atoms with Gasteiger partial charge in [-0.05, 0) is 12.8 Å². The highest BCUT2D eigenvalue weighted by Crippen LogP contribution is 2.03. The fourth-order valence-corrected chi connectivity index (χ4v) is 1.25. The van der Waals surface area contributed by atoms with Crippen molar-refractivity contribution in [2.45, 2.75) is 27.3 Å². The third-order valence-corrected chi connectivity index (χ3v) is 2.01. The second-order valence-electron chi connectivity index (χ2n) is 4.13. The Bertz CT molecular complexity index is 332. The van der Waals surface area contributed by atoms with Crippen LogP contribution in [0.2, 0.25) is 0 Å². The summed E-state index contributed by atoms with van der Waals surface area (Å²) in [5.74, 6) is 1.38. The molecule has 0 atom stereocenters. The molecule has 2 N–H and O–H groups in total. The number of nitrogens with zero attached hydrogens (tertiary/aromatic N) is 2. The monoisotopic (exact) mass is 224 g/mol. The van der Waals surface area contributed by atoms with Crippen LogP contribution in [-0.4, -0.2) is 28.8 Å². The first-order chi connectivity index (χ1) is 7.61. The number of rotatable bonds is 6. The maximum atomic E-state index is 11.3. The van der Waals surface area contributed by atoms with Crippen LogP contribution in [0.15, 0.2) is 12.3 Å². The van der Waals surface area contributed by atoms with Crippen molar-refractivity contribution >= 4 is 11.7 Å². The Kier molecular flexibility index (Phi) is 4.82. The Morgan fingerprint density at radius 1 is 1.56 bits per heavy atom. The van der Waals surface area contributed by atoms with Crippen molar-refractivity contribution in [3.05, 3.63) is 12.3 Å². The van der Waals surface area contributed by atoms with E-state index in [1.165, 1.54) is 0 Å². The van der Waals surface area contributed by atoms with Crippen LogP contribution in [0.1, 0.15) is 20.8 Å². The summed E-state index contributed by atoms with van der Waals surface area (Å²) in [6.45, 7) is 7.99. The highest BCUT2D eigenvalue weighted by molar-refractivity contribution is 5.75. The van der Waals surface area contributed by atoms with Gasteiger partial charge in [0, 0.05) is 25.4 Å². The smallest absolute Gasteiger partial charge is 0.241 e. The standard InChI is InChI=1S/C11H20N4O/c1-4-12-11(16)8-15-6-5-10(14-15)13-7-9(2)3/h5-6,9H,4,7-8H2,1-3H3,(H,12,16)(H,13,14). The predicted molar refractivity (Wildman–Crippen MR) is 64.2 cm³/mol. The number of hydrogen-bond donors (Lipinski definition) is 2. The number of carbonyl (C=O) groups is 1. The molecule has 0 fully saturated rings. The Balaban J connectivity index is 2.42. The Labute approximate surface area is 96.2 Å². The molecular formula is C11H20N4O. The first kappa shape index (κ1) is 12.5. The second-order valence-corrected chi connectivity index (χ2v) is 4.13.